The van der Waals surface area contributed by atoms with E-state index in [1.54, 1.807) is 13.0 Å². The van der Waals surface area contributed by atoms with Gasteiger partial charge in [0.25, 0.3) is 5.91 Å². The molecule has 1 N–H and O–H groups in total. The number of carbonyl (C=O) groups is 2. The maximum atomic E-state index is 12.1. The van der Waals surface area contributed by atoms with E-state index in [-0.39, 0.29) is 18.3 Å². The van der Waals surface area contributed by atoms with Gasteiger partial charge in [-0.05, 0) is 50.5 Å². The van der Waals surface area contributed by atoms with Crippen LogP contribution in [0.2, 0.25) is 0 Å². The molecule has 0 unspecified atom stereocenters. The van der Waals surface area contributed by atoms with Crippen molar-refractivity contribution in [1.82, 2.24) is 4.31 Å². The van der Waals surface area contributed by atoms with Gasteiger partial charge in [-0.3, -0.25) is 9.59 Å². The third-order valence-electron chi connectivity index (χ3n) is 4.33. The molecule has 26 heavy (non-hydrogen) atoms. The summed E-state index contributed by atoms with van der Waals surface area (Å²) in [5, 5.41) is 2.68. The van der Waals surface area contributed by atoms with E-state index < -0.39 is 21.9 Å². The second-order valence-corrected chi connectivity index (χ2v) is 9.31. The summed E-state index contributed by atoms with van der Waals surface area (Å²) in [5.74, 6) is -1.19. The second kappa shape index (κ2) is 8.96. The number of sulfonamides is 1. The lowest BCUT2D eigenvalue weighted by Gasteiger charge is -2.29. The molecule has 1 saturated heterocycles. The highest BCUT2D eigenvalue weighted by Crippen LogP contribution is 2.22. The number of hydrogen-bond acceptors (Lipinski definition) is 5. The molecule has 1 heterocycles. The maximum absolute atomic E-state index is 12.1. The molecule has 9 heteroatoms. The van der Waals surface area contributed by atoms with Crippen LogP contribution in [0.3, 0.4) is 0 Å². The molecule has 2 rings (SSSR count). The lowest BCUT2D eigenvalue weighted by Crippen LogP contribution is -2.41. The van der Waals surface area contributed by atoms with Crippen molar-refractivity contribution in [1.29, 1.82) is 0 Å². The van der Waals surface area contributed by atoms with E-state index in [1.165, 1.54) is 4.31 Å². The van der Waals surface area contributed by atoms with Gasteiger partial charge in [-0.15, -0.1) is 0 Å². The number of piperidine rings is 1. The number of amides is 1. The molecule has 1 amide bonds. The molecular weight excluding hydrogens is 424 g/mol. The molecule has 1 fully saturated rings. The van der Waals surface area contributed by atoms with Crippen LogP contribution in [-0.2, 0) is 24.3 Å². The third kappa shape index (κ3) is 5.52. The molecule has 1 aliphatic heterocycles. The number of rotatable bonds is 6. The van der Waals surface area contributed by atoms with E-state index in [0.29, 0.717) is 31.6 Å². The van der Waals surface area contributed by atoms with E-state index in [2.05, 4.69) is 21.2 Å². The van der Waals surface area contributed by atoms with Crippen LogP contribution in [0.4, 0.5) is 5.69 Å². The van der Waals surface area contributed by atoms with Crippen molar-refractivity contribution in [3.8, 4) is 0 Å². The van der Waals surface area contributed by atoms with Gasteiger partial charge in [-0.25, -0.2) is 12.7 Å². The summed E-state index contributed by atoms with van der Waals surface area (Å²) in [6, 6.07) is 5.39. The Balaban J connectivity index is 1.78. The van der Waals surface area contributed by atoms with Gasteiger partial charge in [-0.2, -0.15) is 0 Å². The van der Waals surface area contributed by atoms with Gasteiger partial charge < -0.3 is 10.1 Å². The van der Waals surface area contributed by atoms with E-state index in [9.17, 15) is 18.0 Å². The number of esters is 1. The maximum Gasteiger partial charge on any atom is 0.309 e. The monoisotopic (exact) mass is 446 g/mol. The Kier molecular flexibility index (Phi) is 7.19. The fourth-order valence-corrected chi connectivity index (χ4v) is 4.11. The molecule has 1 aliphatic rings. The summed E-state index contributed by atoms with van der Waals surface area (Å²) in [4.78, 5) is 24.0. The fraction of sp³-hybridized carbons (Fsp3) is 0.529. The van der Waals surface area contributed by atoms with Crippen LogP contribution in [0.25, 0.3) is 0 Å². The Hall–Kier alpha value is -1.45. The number of nitrogens with one attached hydrogen (secondary N) is 1. The number of nitrogens with zero attached hydrogens (tertiary/aromatic N) is 1. The first-order valence-corrected chi connectivity index (χ1v) is 10.8. The molecule has 0 aliphatic carbocycles. The molecule has 144 valence electrons. The molecular formula is C17H23BrN2O5S. The van der Waals surface area contributed by atoms with E-state index in [0.717, 1.165) is 10.0 Å². The normalized spacial score (nSPS) is 16.3. The number of hydrogen-bond donors (Lipinski definition) is 1. The molecule has 7 nitrogen and oxygen atoms in total. The van der Waals surface area contributed by atoms with Crippen molar-refractivity contribution >= 4 is 43.5 Å². The predicted molar refractivity (Wildman–Crippen MR) is 102 cm³/mol. The molecule has 0 radical (unpaired) electrons. The van der Waals surface area contributed by atoms with Crippen LogP contribution in [0, 0.1) is 12.8 Å². The Morgan fingerprint density at radius 3 is 2.54 bits per heavy atom. The number of benzene rings is 1. The minimum Gasteiger partial charge on any atom is -0.455 e. The largest absolute Gasteiger partial charge is 0.455 e. The van der Waals surface area contributed by atoms with Crippen molar-refractivity contribution in [2.45, 2.75) is 26.7 Å². The number of aryl methyl sites for hydroxylation is 1. The van der Waals surface area contributed by atoms with Gasteiger partial charge >= 0.3 is 5.97 Å². The zero-order chi connectivity index (χ0) is 19.3. The van der Waals surface area contributed by atoms with Crippen molar-refractivity contribution in [2.24, 2.45) is 5.92 Å². The minimum atomic E-state index is -3.22. The summed E-state index contributed by atoms with van der Waals surface area (Å²) in [5.41, 5.74) is 1.61. The van der Waals surface area contributed by atoms with E-state index in [4.69, 9.17) is 4.74 Å². The molecule has 0 spiro atoms. The Labute approximate surface area is 162 Å². The molecule has 1 aromatic rings. The van der Waals surface area contributed by atoms with Gasteiger partial charge in [0.2, 0.25) is 10.0 Å². The third-order valence-corrected chi connectivity index (χ3v) is 7.10. The Morgan fingerprint density at radius 1 is 1.31 bits per heavy atom. The first-order valence-electron chi connectivity index (χ1n) is 8.43. The predicted octanol–water partition coefficient (Wildman–Crippen LogP) is 2.30. The number of ether oxygens (including phenoxy) is 1. The van der Waals surface area contributed by atoms with E-state index in [1.807, 2.05) is 19.1 Å². The van der Waals surface area contributed by atoms with Crippen LogP contribution in [0.15, 0.2) is 22.7 Å². The van der Waals surface area contributed by atoms with Crippen LogP contribution < -0.4 is 5.32 Å². The minimum absolute atomic E-state index is 0.0534. The zero-order valence-corrected chi connectivity index (χ0v) is 17.2. The number of carbonyl (C=O) groups excluding carboxylic acids is 2. The van der Waals surface area contributed by atoms with Crippen molar-refractivity contribution in [3.63, 3.8) is 0 Å². The van der Waals surface area contributed by atoms with Crippen molar-refractivity contribution in [2.75, 3.05) is 30.8 Å². The first kappa shape index (κ1) is 20.9. The van der Waals surface area contributed by atoms with Crippen molar-refractivity contribution < 1.29 is 22.7 Å². The Morgan fingerprint density at radius 2 is 1.96 bits per heavy atom. The molecule has 0 aromatic heterocycles. The SMILES string of the molecule is CCS(=O)(=O)N1CCC(C(=O)OCC(=O)Nc2ccc(Br)c(C)c2)CC1. The quantitative estimate of drug-likeness (QED) is 0.676. The molecule has 0 saturated carbocycles. The average molecular weight is 447 g/mol. The Bertz CT molecular complexity index is 773. The van der Waals surface area contributed by atoms with Crippen molar-refractivity contribution in [3.05, 3.63) is 28.2 Å². The highest BCUT2D eigenvalue weighted by Gasteiger charge is 2.31. The summed E-state index contributed by atoms with van der Waals surface area (Å²) >= 11 is 3.39. The van der Waals surface area contributed by atoms with Gasteiger partial charge in [0.05, 0.1) is 11.7 Å². The van der Waals surface area contributed by atoms with Gasteiger partial charge in [-0.1, -0.05) is 15.9 Å². The number of anilines is 1. The first-order chi connectivity index (χ1) is 12.2. The topological polar surface area (TPSA) is 92.8 Å². The zero-order valence-electron chi connectivity index (χ0n) is 14.8. The highest BCUT2D eigenvalue weighted by atomic mass is 79.9. The van der Waals surface area contributed by atoms with Crippen LogP contribution in [0.1, 0.15) is 25.3 Å². The van der Waals surface area contributed by atoms with Gasteiger partial charge in [0, 0.05) is 23.2 Å². The summed E-state index contributed by atoms with van der Waals surface area (Å²) < 4.78 is 31.1. The van der Waals surface area contributed by atoms with Crippen LogP contribution in [-0.4, -0.2) is 50.0 Å². The van der Waals surface area contributed by atoms with Gasteiger partial charge in [0.15, 0.2) is 6.61 Å². The van der Waals surface area contributed by atoms with Crippen LogP contribution >= 0.6 is 15.9 Å². The second-order valence-electron chi connectivity index (χ2n) is 6.19. The molecule has 0 atom stereocenters. The van der Waals surface area contributed by atoms with Crippen LogP contribution in [0.5, 0.6) is 0 Å². The summed E-state index contributed by atoms with van der Waals surface area (Å²) in [6.07, 6.45) is 0.817. The number of halogens is 1. The van der Waals surface area contributed by atoms with Gasteiger partial charge in [0.1, 0.15) is 0 Å². The lowest BCUT2D eigenvalue weighted by molar-refractivity contribution is -0.152. The standard InChI is InChI=1S/C17H23BrN2O5S/c1-3-26(23,24)20-8-6-13(7-9-20)17(22)25-11-16(21)19-14-4-5-15(18)12(2)10-14/h4-5,10,13H,3,6-9,11H2,1-2H3,(H,19,21). The fourth-order valence-electron chi connectivity index (χ4n) is 2.73. The smallest absolute Gasteiger partial charge is 0.309 e. The molecule has 1 aromatic carbocycles. The molecule has 0 bridgehead atoms. The highest BCUT2D eigenvalue weighted by molar-refractivity contribution is 9.10. The summed E-state index contributed by atoms with van der Waals surface area (Å²) in [7, 11) is -3.22. The average Bonchev–Trinajstić information content (AvgIpc) is 2.63. The summed E-state index contributed by atoms with van der Waals surface area (Å²) in [6.45, 7) is 3.76. The lowest BCUT2D eigenvalue weighted by atomic mass is 9.98. The van der Waals surface area contributed by atoms with E-state index >= 15 is 0 Å².